The topological polar surface area (TPSA) is 3.01 Å². The smallest absolute Gasteiger partial charge is 0.0514 e. The van der Waals surface area contributed by atoms with Crippen LogP contribution in [0.1, 0.15) is 48.0 Å². The van der Waals surface area contributed by atoms with Crippen molar-refractivity contribution in [1.82, 2.24) is 4.90 Å². The van der Waals surface area contributed by atoms with Crippen LogP contribution in [0.2, 0.25) is 0 Å². The summed E-state index contributed by atoms with van der Waals surface area (Å²) in [7, 11) is 0. The van der Waals surface area contributed by atoms with Gasteiger partial charge in [0.2, 0.25) is 0 Å². The molecule has 0 aromatic heterocycles. The molecule has 16 heavy (non-hydrogen) atoms. The molecule has 3 atom stereocenters. The van der Waals surface area contributed by atoms with Crippen LogP contribution >= 0.6 is 0 Å². The fraction of sp³-hybridized carbons (Fsp3) is 0.867. The van der Waals surface area contributed by atoms with Gasteiger partial charge in [-0.3, -0.25) is 0 Å². The molecule has 2 saturated heterocycles. The van der Waals surface area contributed by atoms with E-state index in [1.165, 1.54) is 18.7 Å². The number of hydrogen-bond acceptors (Lipinski definition) is 1. The first-order valence-corrected chi connectivity index (χ1v) is 6.60. The van der Waals surface area contributed by atoms with Gasteiger partial charge in [0.25, 0.3) is 0 Å². The molecule has 2 aliphatic heterocycles. The lowest BCUT2D eigenvalue weighted by atomic mass is 9.68. The molecule has 0 amide bonds. The quantitative estimate of drug-likeness (QED) is 0.560. The minimum Gasteiger partial charge on any atom is -0.368 e. The van der Waals surface area contributed by atoms with Gasteiger partial charge in [0.1, 0.15) is 0 Å². The first-order chi connectivity index (χ1) is 7.14. The number of hydrogen-bond donors (Lipinski definition) is 0. The van der Waals surface area contributed by atoms with E-state index in [1.54, 1.807) is 0 Å². The summed E-state index contributed by atoms with van der Waals surface area (Å²) in [5.41, 5.74) is 2.20. The maximum absolute atomic E-state index is 4.39. The normalized spacial score (nSPS) is 38.0. The highest BCUT2D eigenvalue weighted by molar-refractivity contribution is 5.20. The van der Waals surface area contributed by atoms with Gasteiger partial charge in [-0.2, -0.15) is 0 Å². The molecule has 1 heteroatoms. The van der Waals surface area contributed by atoms with Crippen LogP contribution in [-0.4, -0.2) is 17.5 Å². The maximum atomic E-state index is 4.39. The third-order valence-corrected chi connectivity index (χ3v) is 4.59. The van der Waals surface area contributed by atoms with Crippen molar-refractivity contribution in [3.05, 3.63) is 12.3 Å². The van der Waals surface area contributed by atoms with E-state index in [4.69, 9.17) is 0 Å². The lowest BCUT2D eigenvalue weighted by Crippen LogP contribution is -2.31. The van der Waals surface area contributed by atoms with Crippen molar-refractivity contribution < 1.29 is 0 Å². The number of allylic oxidation sites excluding steroid dienone is 1. The van der Waals surface area contributed by atoms with E-state index in [1.807, 2.05) is 0 Å². The Bertz CT molecular complexity index is 308. The van der Waals surface area contributed by atoms with Crippen LogP contribution in [0, 0.1) is 22.7 Å². The molecule has 2 heterocycles. The maximum Gasteiger partial charge on any atom is 0.0514 e. The standard InChI is InChI=1S/C15H27N/c1-10-8-15(6,7)12-9-16(12)11(2)13(10)14(3,4)5/h10,12-13H,2,8-9H2,1,3-7H3. The van der Waals surface area contributed by atoms with Crippen molar-refractivity contribution in [3.63, 3.8) is 0 Å². The molecule has 2 rings (SSSR count). The van der Waals surface area contributed by atoms with Gasteiger partial charge in [-0.05, 0) is 23.2 Å². The van der Waals surface area contributed by atoms with Gasteiger partial charge in [0.15, 0.2) is 0 Å². The lowest BCUT2D eigenvalue weighted by molar-refractivity contribution is 0.164. The van der Waals surface area contributed by atoms with Crippen molar-refractivity contribution in [2.45, 2.75) is 54.0 Å². The SMILES string of the molecule is C=C1C(C(C)(C)C)C(C)CC(C)(C)C2CN12. The Balaban J connectivity index is 2.31. The Kier molecular flexibility index (Phi) is 2.46. The van der Waals surface area contributed by atoms with Gasteiger partial charge in [0, 0.05) is 18.2 Å². The summed E-state index contributed by atoms with van der Waals surface area (Å²) in [6.45, 7) is 20.0. The minimum absolute atomic E-state index is 0.337. The van der Waals surface area contributed by atoms with Crippen molar-refractivity contribution in [2.24, 2.45) is 22.7 Å². The summed E-state index contributed by atoms with van der Waals surface area (Å²) in [4.78, 5) is 2.54. The molecule has 0 aromatic carbocycles. The largest absolute Gasteiger partial charge is 0.368 e. The first-order valence-electron chi connectivity index (χ1n) is 6.60. The molecule has 3 unspecified atom stereocenters. The zero-order valence-corrected chi connectivity index (χ0v) is 11.8. The van der Waals surface area contributed by atoms with Crippen molar-refractivity contribution in [3.8, 4) is 0 Å². The van der Waals surface area contributed by atoms with E-state index in [2.05, 4.69) is 53.0 Å². The Morgan fingerprint density at radius 2 is 1.88 bits per heavy atom. The van der Waals surface area contributed by atoms with Crippen molar-refractivity contribution in [1.29, 1.82) is 0 Å². The van der Waals surface area contributed by atoms with Crippen LogP contribution in [-0.2, 0) is 0 Å². The highest BCUT2D eigenvalue weighted by Crippen LogP contribution is 2.53. The van der Waals surface area contributed by atoms with Crippen LogP contribution in [0.5, 0.6) is 0 Å². The molecule has 2 aliphatic rings. The van der Waals surface area contributed by atoms with Gasteiger partial charge in [-0.1, -0.05) is 48.1 Å². The lowest BCUT2D eigenvalue weighted by Gasteiger charge is -2.37. The minimum atomic E-state index is 0.337. The molecule has 0 aromatic rings. The fourth-order valence-corrected chi connectivity index (χ4v) is 4.07. The number of fused-ring (bicyclic) bond motifs is 1. The predicted molar refractivity (Wildman–Crippen MR) is 70.1 cm³/mol. The van der Waals surface area contributed by atoms with E-state index in [9.17, 15) is 0 Å². The summed E-state index contributed by atoms with van der Waals surface area (Å²) < 4.78 is 0. The number of nitrogens with zero attached hydrogens (tertiary/aromatic N) is 1. The third-order valence-electron chi connectivity index (χ3n) is 4.59. The molecule has 0 N–H and O–H groups in total. The van der Waals surface area contributed by atoms with Crippen molar-refractivity contribution >= 4 is 0 Å². The van der Waals surface area contributed by atoms with Crippen LogP contribution in [0.3, 0.4) is 0 Å². The van der Waals surface area contributed by atoms with Gasteiger partial charge in [-0.15, -0.1) is 0 Å². The molecule has 92 valence electrons. The van der Waals surface area contributed by atoms with Crippen molar-refractivity contribution in [2.75, 3.05) is 6.54 Å². The Labute approximate surface area is 101 Å². The Hall–Kier alpha value is -0.460. The summed E-state index contributed by atoms with van der Waals surface area (Å²) in [6, 6.07) is 0.759. The first kappa shape index (κ1) is 12.0. The van der Waals surface area contributed by atoms with Crippen LogP contribution < -0.4 is 0 Å². The third kappa shape index (κ3) is 1.78. The Morgan fingerprint density at radius 3 is 2.38 bits per heavy atom. The summed E-state index contributed by atoms with van der Waals surface area (Å²) >= 11 is 0. The zero-order valence-electron chi connectivity index (χ0n) is 11.8. The van der Waals surface area contributed by atoms with Crippen LogP contribution in [0.25, 0.3) is 0 Å². The molecule has 0 saturated carbocycles. The average molecular weight is 221 g/mol. The molecule has 0 radical (unpaired) electrons. The summed E-state index contributed by atoms with van der Waals surface area (Å²) in [5.74, 6) is 1.38. The van der Waals surface area contributed by atoms with Gasteiger partial charge in [0.05, 0.1) is 6.04 Å². The molecular weight excluding hydrogens is 194 g/mol. The second-order valence-electron chi connectivity index (χ2n) is 7.67. The second kappa shape index (κ2) is 3.27. The van der Waals surface area contributed by atoms with Gasteiger partial charge in [-0.25, -0.2) is 0 Å². The highest BCUT2D eigenvalue weighted by atomic mass is 15.3. The highest BCUT2D eigenvalue weighted by Gasteiger charge is 2.53. The molecule has 2 fully saturated rings. The van der Waals surface area contributed by atoms with Gasteiger partial charge < -0.3 is 4.90 Å². The molecule has 0 spiro atoms. The van der Waals surface area contributed by atoms with Gasteiger partial charge >= 0.3 is 0 Å². The van der Waals surface area contributed by atoms with Crippen LogP contribution in [0.4, 0.5) is 0 Å². The summed E-state index contributed by atoms with van der Waals surface area (Å²) in [5, 5.41) is 0. The van der Waals surface area contributed by atoms with Crippen LogP contribution in [0.15, 0.2) is 12.3 Å². The number of rotatable bonds is 0. The second-order valence-corrected chi connectivity index (χ2v) is 7.67. The van der Waals surface area contributed by atoms with E-state index in [0.29, 0.717) is 16.7 Å². The molecule has 1 nitrogen and oxygen atoms in total. The zero-order chi connectivity index (χ0) is 12.3. The van der Waals surface area contributed by atoms with E-state index >= 15 is 0 Å². The molecular formula is C15H27N. The van der Waals surface area contributed by atoms with E-state index in [0.717, 1.165) is 12.0 Å². The molecule has 0 aliphatic carbocycles. The summed E-state index contributed by atoms with van der Waals surface area (Å²) in [6.07, 6.45) is 1.33. The monoisotopic (exact) mass is 221 g/mol. The fourth-order valence-electron chi connectivity index (χ4n) is 4.07. The van der Waals surface area contributed by atoms with E-state index < -0.39 is 0 Å². The molecule has 0 bridgehead atoms. The average Bonchev–Trinajstić information content (AvgIpc) is 2.76. The van der Waals surface area contributed by atoms with E-state index in [-0.39, 0.29) is 0 Å². The Morgan fingerprint density at radius 1 is 1.31 bits per heavy atom. The predicted octanol–water partition coefficient (Wildman–Crippen LogP) is 3.91.